The molecule has 0 radical (unpaired) electrons. The van der Waals surface area contributed by atoms with Crippen LogP contribution in [0.4, 0.5) is 5.69 Å². The van der Waals surface area contributed by atoms with Crippen LogP contribution in [0.25, 0.3) is 0 Å². The van der Waals surface area contributed by atoms with E-state index in [9.17, 15) is 9.59 Å². The molecule has 2 unspecified atom stereocenters. The lowest BCUT2D eigenvalue weighted by Gasteiger charge is -2.06. The van der Waals surface area contributed by atoms with Gasteiger partial charge in [-0.25, -0.2) is 0 Å². The number of benzene rings is 1. The molecule has 1 saturated carbocycles. The van der Waals surface area contributed by atoms with Gasteiger partial charge in [-0.1, -0.05) is 6.07 Å². The quantitative estimate of drug-likeness (QED) is 0.911. The second-order valence-corrected chi connectivity index (χ2v) is 6.30. The van der Waals surface area contributed by atoms with Crippen LogP contribution in [0.15, 0.2) is 35.7 Å². The number of hydrogen-bond acceptors (Lipinski definition) is 3. The SMILES string of the molecule is Cc1ccsc1C1CC1C(=O)Nc1cccc(C(N)=O)c1. The van der Waals surface area contributed by atoms with E-state index in [0.717, 1.165) is 6.42 Å². The highest BCUT2D eigenvalue weighted by atomic mass is 32.1. The van der Waals surface area contributed by atoms with E-state index in [4.69, 9.17) is 5.73 Å². The minimum absolute atomic E-state index is 0.00872. The summed E-state index contributed by atoms with van der Waals surface area (Å²) in [5, 5.41) is 4.93. The van der Waals surface area contributed by atoms with Crippen LogP contribution in [-0.2, 0) is 4.79 Å². The Bertz CT molecular complexity index is 708. The topological polar surface area (TPSA) is 72.2 Å². The van der Waals surface area contributed by atoms with Crippen LogP contribution in [0.5, 0.6) is 0 Å². The third-order valence-electron chi connectivity index (χ3n) is 3.78. The molecule has 2 atom stereocenters. The smallest absolute Gasteiger partial charge is 0.248 e. The molecule has 1 aromatic heterocycles. The molecule has 1 aliphatic carbocycles. The van der Waals surface area contributed by atoms with Crippen molar-refractivity contribution in [1.82, 2.24) is 0 Å². The standard InChI is InChI=1S/C16H16N2O2S/c1-9-5-6-21-14(9)12-8-13(12)16(20)18-11-4-2-3-10(7-11)15(17)19/h2-7,12-13H,8H2,1H3,(H2,17,19)(H,18,20). The molecule has 0 bridgehead atoms. The Hall–Kier alpha value is -2.14. The third-order valence-corrected chi connectivity index (χ3v) is 4.93. The molecule has 3 N–H and O–H groups in total. The van der Waals surface area contributed by atoms with Gasteiger partial charge < -0.3 is 11.1 Å². The Morgan fingerprint density at radius 3 is 2.81 bits per heavy atom. The molecule has 2 amide bonds. The van der Waals surface area contributed by atoms with E-state index >= 15 is 0 Å². The first kappa shape index (κ1) is 13.8. The lowest BCUT2D eigenvalue weighted by Crippen LogP contribution is -2.16. The van der Waals surface area contributed by atoms with Crippen molar-refractivity contribution in [2.45, 2.75) is 19.3 Å². The maximum atomic E-state index is 12.3. The zero-order valence-electron chi connectivity index (χ0n) is 11.6. The first-order valence-electron chi connectivity index (χ1n) is 6.81. The highest BCUT2D eigenvalue weighted by Gasteiger charge is 2.45. The zero-order chi connectivity index (χ0) is 15.0. The minimum Gasteiger partial charge on any atom is -0.366 e. The summed E-state index contributed by atoms with van der Waals surface area (Å²) in [6.07, 6.45) is 0.892. The molecular weight excluding hydrogens is 284 g/mol. The van der Waals surface area contributed by atoms with E-state index in [1.54, 1.807) is 35.6 Å². The highest BCUT2D eigenvalue weighted by Crippen LogP contribution is 2.50. The first-order valence-corrected chi connectivity index (χ1v) is 7.69. The molecule has 0 saturated heterocycles. The van der Waals surface area contributed by atoms with Gasteiger partial charge in [0.1, 0.15) is 0 Å². The van der Waals surface area contributed by atoms with Crippen LogP contribution in [0.3, 0.4) is 0 Å². The summed E-state index contributed by atoms with van der Waals surface area (Å²) in [7, 11) is 0. The summed E-state index contributed by atoms with van der Waals surface area (Å²) in [5.41, 5.74) is 7.51. The van der Waals surface area contributed by atoms with Crippen molar-refractivity contribution >= 4 is 28.8 Å². The maximum absolute atomic E-state index is 12.3. The minimum atomic E-state index is -0.496. The number of anilines is 1. The molecule has 3 rings (SSSR count). The molecule has 108 valence electrons. The van der Waals surface area contributed by atoms with Gasteiger partial charge in [0.2, 0.25) is 11.8 Å². The van der Waals surface area contributed by atoms with E-state index in [0.29, 0.717) is 17.2 Å². The fourth-order valence-electron chi connectivity index (χ4n) is 2.52. The van der Waals surface area contributed by atoms with E-state index in [2.05, 4.69) is 23.7 Å². The van der Waals surface area contributed by atoms with Crippen molar-refractivity contribution in [2.24, 2.45) is 11.7 Å². The Morgan fingerprint density at radius 2 is 2.14 bits per heavy atom. The highest BCUT2D eigenvalue weighted by molar-refractivity contribution is 7.10. The number of nitrogens with two attached hydrogens (primary N) is 1. The molecule has 1 fully saturated rings. The van der Waals surface area contributed by atoms with Crippen molar-refractivity contribution in [3.63, 3.8) is 0 Å². The molecule has 5 heteroatoms. The van der Waals surface area contributed by atoms with Gasteiger partial charge in [0, 0.05) is 28.0 Å². The van der Waals surface area contributed by atoms with Gasteiger partial charge in [0.05, 0.1) is 0 Å². The summed E-state index contributed by atoms with van der Waals surface area (Å²) >= 11 is 1.71. The molecular formula is C16H16N2O2S. The summed E-state index contributed by atoms with van der Waals surface area (Å²) in [4.78, 5) is 24.7. The van der Waals surface area contributed by atoms with Gasteiger partial charge in [-0.05, 0) is 48.6 Å². The molecule has 21 heavy (non-hydrogen) atoms. The van der Waals surface area contributed by atoms with E-state index in [-0.39, 0.29) is 11.8 Å². The number of thiophene rings is 1. The summed E-state index contributed by atoms with van der Waals surface area (Å²) in [5.74, 6) is -0.122. The van der Waals surface area contributed by atoms with Crippen molar-refractivity contribution in [1.29, 1.82) is 0 Å². The third kappa shape index (κ3) is 2.83. The number of hydrogen-bond donors (Lipinski definition) is 2. The molecule has 0 aliphatic heterocycles. The fourth-order valence-corrected chi connectivity index (χ4v) is 3.63. The fraction of sp³-hybridized carbons (Fsp3) is 0.250. The predicted octanol–water partition coefficient (Wildman–Crippen LogP) is 2.90. The van der Waals surface area contributed by atoms with Crippen molar-refractivity contribution in [3.05, 3.63) is 51.7 Å². The maximum Gasteiger partial charge on any atom is 0.248 e. The molecule has 1 aromatic carbocycles. The molecule has 4 nitrogen and oxygen atoms in total. The second-order valence-electron chi connectivity index (χ2n) is 5.35. The van der Waals surface area contributed by atoms with Gasteiger partial charge in [-0.3, -0.25) is 9.59 Å². The Labute approximate surface area is 127 Å². The number of amides is 2. The van der Waals surface area contributed by atoms with Gasteiger partial charge in [-0.15, -0.1) is 11.3 Å². The molecule has 1 aliphatic rings. The number of primary amides is 1. The van der Waals surface area contributed by atoms with Crippen molar-refractivity contribution in [2.75, 3.05) is 5.32 Å². The lowest BCUT2D eigenvalue weighted by molar-refractivity contribution is -0.117. The first-order chi connectivity index (χ1) is 10.1. The van der Waals surface area contributed by atoms with Crippen molar-refractivity contribution < 1.29 is 9.59 Å². The van der Waals surface area contributed by atoms with Crippen LogP contribution in [-0.4, -0.2) is 11.8 Å². The van der Waals surface area contributed by atoms with Gasteiger partial charge in [0.15, 0.2) is 0 Å². The Morgan fingerprint density at radius 1 is 1.33 bits per heavy atom. The second kappa shape index (κ2) is 5.33. The van der Waals surface area contributed by atoms with Crippen LogP contribution >= 0.6 is 11.3 Å². The predicted molar refractivity (Wildman–Crippen MR) is 83.5 cm³/mol. The summed E-state index contributed by atoms with van der Waals surface area (Å²) in [6, 6.07) is 8.80. The van der Waals surface area contributed by atoms with Crippen LogP contribution in [0.1, 0.15) is 33.1 Å². The average molecular weight is 300 g/mol. The molecule has 0 spiro atoms. The number of nitrogens with one attached hydrogen (secondary N) is 1. The number of rotatable bonds is 4. The number of aryl methyl sites for hydroxylation is 1. The Kier molecular flexibility index (Phi) is 3.51. The van der Waals surface area contributed by atoms with Crippen LogP contribution in [0.2, 0.25) is 0 Å². The van der Waals surface area contributed by atoms with Crippen LogP contribution < -0.4 is 11.1 Å². The largest absolute Gasteiger partial charge is 0.366 e. The zero-order valence-corrected chi connectivity index (χ0v) is 12.4. The summed E-state index contributed by atoms with van der Waals surface area (Å²) in [6.45, 7) is 2.08. The van der Waals surface area contributed by atoms with Crippen LogP contribution in [0, 0.1) is 12.8 Å². The average Bonchev–Trinajstić information content (AvgIpc) is 3.14. The lowest BCUT2D eigenvalue weighted by atomic mass is 10.1. The normalized spacial score (nSPS) is 20.0. The van der Waals surface area contributed by atoms with E-state index in [1.807, 2.05) is 0 Å². The number of carbonyl (C=O) groups is 2. The van der Waals surface area contributed by atoms with Crippen molar-refractivity contribution in [3.8, 4) is 0 Å². The van der Waals surface area contributed by atoms with Gasteiger partial charge in [0.25, 0.3) is 0 Å². The van der Waals surface area contributed by atoms with Gasteiger partial charge in [-0.2, -0.15) is 0 Å². The van der Waals surface area contributed by atoms with Gasteiger partial charge >= 0.3 is 0 Å². The number of carbonyl (C=O) groups excluding carboxylic acids is 2. The monoisotopic (exact) mass is 300 g/mol. The Balaban J connectivity index is 1.67. The summed E-state index contributed by atoms with van der Waals surface area (Å²) < 4.78 is 0. The van der Waals surface area contributed by atoms with E-state index < -0.39 is 5.91 Å². The molecule has 1 heterocycles. The molecule has 2 aromatic rings. The van der Waals surface area contributed by atoms with E-state index in [1.165, 1.54) is 10.4 Å².